The number of hydrogen-bond acceptors (Lipinski definition) is 5. The Labute approximate surface area is 85.8 Å². The van der Waals surface area contributed by atoms with Gasteiger partial charge in [-0.1, -0.05) is 11.0 Å². The first-order valence-electron chi connectivity index (χ1n) is 4.18. The van der Waals surface area contributed by atoms with Crippen LogP contribution in [0.25, 0.3) is 0 Å². The zero-order chi connectivity index (χ0) is 11.0. The van der Waals surface area contributed by atoms with E-state index >= 15 is 0 Å². The minimum atomic E-state index is -3.24. The number of nitrogens with two attached hydrogens (primary N) is 1. The molecule has 7 N–H and O–H groups in total. The van der Waals surface area contributed by atoms with Gasteiger partial charge in [-0.15, -0.1) is 0 Å². The highest BCUT2D eigenvalue weighted by Gasteiger charge is 2.06. The minimum Gasteiger partial charge on any atom is -0.355 e. The zero-order valence-corrected chi connectivity index (χ0v) is 9.27. The Morgan fingerprint density at radius 1 is 1.43 bits per heavy atom. The molecule has 0 rings (SSSR count). The maximum atomic E-state index is 8.89. The second-order valence-electron chi connectivity index (χ2n) is 2.65. The van der Waals surface area contributed by atoms with Crippen LogP contribution in [0.5, 0.6) is 0 Å². The molecule has 0 bridgehead atoms. The molecular formula is C6H19N5O2S. The molecule has 8 heteroatoms. The summed E-state index contributed by atoms with van der Waals surface area (Å²) >= 11 is 0. The van der Waals surface area contributed by atoms with Gasteiger partial charge < -0.3 is 10.6 Å². The first-order valence-corrected chi connectivity index (χ1v) is 5.79. The van der Waals surface area contributed by atoms with Crippen LogP contribution in [0.2, 0.25) is 0 Å². The second-order valence-corrected chi connectivity index (χ2v) is 4.04. The molecule has 0 atom stereocenters. The lowest BCUT2D eigenvalue weighted by atomic mass is 10.4. The minimum absolute atomic E-state index is 0.281. The highest BCUT2D eigenvalue weighted by Crippen LogP contribution is 2.20. The van der Waals surface area contributed by atoms with Gasteiger partial charge >= 0.3 is 0 Å². The molecule has 0 aromatic carbocycles. The largest absolute Gasteiger partial charge is 0.355 e. The molecule has 0 spiro atoms. The summed E-state index contributed by atoms with van der Waals surface area (Å²) in [6, 6.07) is 0. The third-order valence-electron chi connectivity index (χ3n) is 1.37. The lowest BCUT2D eigenvalue weighted by Crippen LogP contribution is -2.41. The first kappa shape index (κ1) is 13.5. The van der Waals surface area contributed by atoms with E-state index in [1.165, 1.54) is 7.05 Å². The van der Waals surface area contributed by atoms with Crippen LogP contribution in [0.3, 0.4) is 0 Å². The summed E-state index contributed by atoms with van der Waals surface area (Å²) in [5.74, 6) is 0.281. The van der Waals surface area contributed by atoms with Crippen molar-refractivity contribution < 1.29 is 9.11 Å². The fourth-order valence-electron chi connectivity index (χ4n) is 0.775. The highest BCUT2D eigenvalue weighted by molar-refractivity contribution is 8.21. The van der Waals surface area contributed by atoms with Crippen LogP contribution >= 0.6 is 11.0 Å². The molecule has 0 aliphatic rings. The fraction of sp³-hybridized carbons (Fsp3) is 0.833. The summed E-state index contributed by atoms with van der Waals surface area (Å²) in [5, 5.41) is 10.9. The van der Waals surface area contributed by atoms with Crippen molar-refractivity contribution in [3.8, 4) is 0 Å². The van der Waals surface area contributed by atoms with Gasteiger partial charge in [-0.2, -0.15) is 0 Å². The van der Waals surface area contributed by atoms with Gasteiger partial charge in [-0.05, 0) is 20.0 Å². The van der Waals surface area contributed by atoms with E-state index in [1.54, 1.807) is 0 Å². The van der Waals surface area contributed by atoms with Crippen LogP contribution in [0, 0.1) is 0 Å². The average molecular weight is 225 g/mol. The van der Waals surface area contributed by atoms with Crippen molar-refractivity contribution in [1.82, 2.24) is 15.4 Å². The lowest BCUT2D eigenvalue weighted by molar-refractivity contribution is 0.482. The Bertz CT molecular complexity index is 182. The van der Waals surface area contributed by atoms with Gasteiger partial charge in [0.25, 0.3) is 0 Å². The predicted octanol–water partition coefficient (Wildman–Crippen LogP) is -0.700. The Morgan fingerprint density at radius 3 is 2.50 bits per heavy atom. The Kier molecular flexibility index (Phi) is 6.58. The van der Waals surface area contributed by atoms with Crippen LogP contribution in [-0.2, 0) is 0 Å². The van der Waals surface area contributed by atoms with E-state index in [9.17, 15) is 0 Å². The Hall–Kier alpha value is -0.540. The predicted molar refractivity (Wildman–Crippen MR) is 60.1 cm³/mol. The summed E-state index contributed by atoms with van der Waals surface area (Å²) in [7, 11) is 0.154. The van der Waals surface area contributed by atoms with E-state index in [4.69, 9.17) is 14.2 Å². The van der Waals surface area contributed by atoms with Crippen molar-refractivity contribution in [3.63, 3.8) is 0 Å². The molecular weight excluding hydrogens is 206 g/mol. The number of aliphatic imine (C=N–C) groups is 1. The average Bonchev–Trinajstić information content (AvgIpc) is 2.08. The smallest absolute Gasteiger partial charge is 0.210 e. The van der Waals surface area contributed by atoms with Crippen molar-refractivity contribution in [2.45, 2.75) is 6.42 Å². The standard InChI is InChI=1S/C6H19N5O2S/c1-8-4-3-5-10-6(9-2)11-14(7,12)13/h8,12-13H,3-5,7H2,1-2H3,(H2,9,10,11). The van der Waals surface area contributed by atoms with Crippen LogP contribution in [-0.4, -0.2) is 42.2 Å². The molecule has 0 heterocycles. The van der Waals surface area contributed by atoms with Crippen molar-refractivity contribution in [1.29, 1.82) is 0 Å². The second kappa shape index (κ2) is 6.85. The topological polar surface area (TPSA) is 115 Å². The number of hydrogen-bond donors (Lipinski definition) is 6. The monoisotopic (exact) mass is 225 g/mol. The van der Waals surface area contributed by atoms with Gasteiger partial charge in [0.15, 0.2) is 0 Å². The summed E-state index contributed by atoms with van der Waals surface area (Å²) in [5.41, 5.74) is 0. The third-order valence-corrected chi connectivity index (χ3v) is 1.86. The molecule has 0 amide bonds. The van der Waals surface area contributed by atoms with E-state index in [1.807, 2.05) is 7.05 Å². The van der Waals surface area contributed by atoms with E-state index in [-0.39, 0.29) is 5.96 Å². The van der Waals surface area contributed by atoms with Crippen LogP contribution in [0.1, 0.15) is 6.42 Å². The quantitative estimate of drug-likeness (QED) is 0.209. The summed E-state index contributed by atoms with van der Waals surface area (Å²) < 4.78 is 20.1. The zero-order valence-electron chi connectivity index (χ0n) is 8.45. The van der Waals surface area contributed by atoms with Crippen molar-refractivity contribution in [3.05, 3.63) is 0 Å². The molecule has 7 nitrogen and oxygen atoms in total. The van der Waals surface area contributed by atoms with Gasteiger partial charge in [0.05, 0.1) is 0 Å². The molecule has 0 unspecified atom stereocenters. The molecule has 0 fully saturated rings. The molecule has 0 saturated carbocycles. The molecule has 0 radical (unpaired) electrons. The van der Waals surface area contributed by atoms with E-state index < -0.39 is 11.0 Å². The molecule has 0 aliphatic heterocycles. The van der Waals surface area contributed by atoms with Crippen LogP contribution in [0.15, 0.2) is 4.99 Å². The van der Waals surface area contributed by atoms with Crippen molar-refractivity contribution >= 4 is 16.9 Å². The van der Waals surface area contributed by atoms with Gasteiger partial charge in [-0.25, -0.2) is 9.86 Å². The van der Waals surface area contributed by atoms with Crippen molar-refractivity contribution in [2.24, 2.45) is 10.1 Å². The highest BCUT2D eigenvalue weighted by atomic mass is 32.3. The Balaban J connectivity index is 3.71. The molecule has 86 valence electrons. The molecule has 0 saturated heterocycles. The maximum absolute atomic E-state index is 8.89. The fourth-order valence-corrected chi connectivity index (χ4v) is 1.22. The summed E-state index contributed by atoms with van der Waals surface area (Å²) in [6.45, 7) is 1.55. The molecule has 14 heavy (non-hydrogen) atoms. The normalized spacial score (nSPS) is 13.9. The summed E-state index contributed by atoms with van der Waals surface area (Å²) in [4.78, 5) is 3.77. The van der Waals surface area contributed by atoms with Crippen LogP contribution in [0.4, 0.5) is 0 Å². The SMILES string of the molecule is CN=C(NCCCNC)NS(N)(O)O. The van der Waals surface area contributed by atoms with E-state index in [0.717, 1.165) is 13.0 Å². The van der Waals surface area contributed by atoms with Gasteiger partial charge in [0.1, 0.15) is 0 Å². The Morgan fingerprint density at radius 2 is 2.07 bits per heavy atom. The van der Waals surface area contributed by atoms with Gasteiger partial charge in [0.2, 0.25) is 5.96 Å². The van der Waals surface area contributed by atoms with E-state index in [0.29, 0.717) is 6.54 Å². The number of rotatable bonds is 5. The third kappa shape index (κ3) is 8.08. The number of guanidine groups is 1. The maximum Gasteiger partial charge on any atom is 0.210 e. The van der Waals surface area contributed by atoms with Crippen molar-refractivity contribution in [2.75, 3.05) is 27.2 Å². The van der Waals surface area contributed by atoms with E-state index in [2.05, 4.69) is 20.3 Å². The summed E-state index contributed by atoms with van der Waals surface area (Å²) in [6.07, 6.45) is 0.904. The number of nitrogens with zero attached hydrogens (tertiary/aromatic N) is 1. The molecule has 0 aromatic heterocycles. The van der Waals surface area contributed by atoms with Crippen LogP contribution < -0.4 is 20.5 Å². The van der Waals surface area contributed by atoms with Gasteiger partial charge in [0, 0.05) is 13.6 Å². The van der Waals surface area contributed by atoms with Gasteiger partial charge in [-0.3, -0.25) is 14.1 Å². The molecule has 0 aliphatic carbocycles. The molecule has 0 aromatic rings. The number of nitrogens with one attached hydrogen (secondary N) is 3. The lowest BCUT2D eigenvalue weighted by Gasteiger charge is -2.28. The first-order chi connectivity index (χ1) is 6.49.